The van der Waals surface area contributed by atoms with E-state index < -0.39 is 20.2 Å². The number of oxime groups is 2. The summed E-state index contributed by atoms with van der Waals surface area (Å²) in [5, 5.41) is 6.94. The van der Waals surface area contributed by atoms with Crippen LogP contribution in [0, 0.1) is 0 Å². The molecule has 10 heteroatoms. The summed E-state index contributed by atoms with van der Waals surface area (Å²) in [5.41, 5.74) is 0.0699. The molecule has 0 unspecified atom stereocenters. The van der Waals surface area contributed by atoms with Crippen molar-refractivity contribution in [3.05, 3.63) is 60.7 Å². The van der Waals surface area contributed by atoms with Gasteiger partial charge >= 0.3 is 20.2 Å². The summed E-state index contributed by atoms with van der Waals surface area (Å²) >= 11 is 0. The predicted octanol–water partition coefficient (Wildman–Crippen LogP) is 2.55. The van der Waals surface area contributed by atoms with Crippen molar-refractivity contribution in [1.29, 1.82) is 0 Å². The molecule has 8 nitrogen and oxygen atoms in total. The highest BCUT2D eigenvalue weighted by Gasteiger charge is 2.17. The molecule has 0 aliphatic rings. The van der Waals surface area contributed by atoms with Crippen molar-refractivity contribution < 1.29 is 25.4 Å². The molecule has 0 aromatic heterocycles. The second-order valence-corrected chi connectivity index (χ2v) is 8.09. The van der Waals surface area contributed by atoms with Crippen molar-refractivity contribution in [3.8, 4) is 0 Å². The van der Waals surface area contributed by atoms with Crippen LogP contribution in [0.3, 0.4) is 0 Å². The SMILES string of the molecule is CC(=N\OS(=O)(=O)c1ccccc1)/C(C)=N/OS(=O)(=O)c1ccccc1. The highest BCUT2D eigenvalue weighted by Crippen LogP contribution is 2.13. The third-order valence-corrected chi connectivity index (χ3v) is 5.37. The van der Waals surface area contributed by atoms with Crippen molar-refractivity contribution in [2.75, 3.05) is 0 Å². The standard InChI is InChI=1S/C16H16N2O6S2/c1-13(17-23-25(19,20)15-9-5-3-6-10-15)14(2)18-24-26(21,22)16-11-7-4-8-12-16/h3-12H,1-2H3/b17-13+,18-14+. The van der Waals surface area contributed by atoms with E-state index >= 15 is 0 Å². The highest BCUT2D eigenvalue weighted by molar-refractivity contribution is 7.87. The molecule has 2 aromatic rings. The second kappa shape index (κ2) is 8.11. The van der Waals surface area contributed by atoms with Crippen LogP contribution in [0.2, 0.25) is 0 Å². The molecule has 0 bridgehead atoms. The first-order chi connectivity index (χ1) is 12.2. The lowest BCUT2D eigenvalue weighted by molar-refractivity contribution is 0.334. The monoisotopic (exact) mass is 396 g/mol. The molecule has 0 fully saturated rings. The van der Waals surface area contributed by atoms with E-state index in [4.69, 9.17) is 0 Å². The predicted molar refractivity (Wildman–Crippen MR) is 95.6 cm³/mol. The fourth-order valence-corrected chi connectivity index (χ4v) is 3.18. The van der Waals surface area contributed by atoms with Gasteiger partial charge in [0.05, 0.1) is 0 Å². The Morgan fingerprint density at radius 3 is 1.27 bits per heavy atom. The maximum atomic E-state index is 12.0. The lowest BCUT2D eigenvalue weighted by Gasteiger charge is -2.04. The van der Waals surface area contributed by atoms with Gasteiger partial charge in [-0.1, -0.05) is 46.7 Å². The van der Waals surface area contributed by atoms with Gasteiger partial charge in [-0.05, 0) is 38.1 Å². The van der Waals surface area contributed by atoms with E-state index in [1.165, 1.54) is 38.1 Å². The van der Waals surface area contributed by atoms with Crippen LogP contribution in [0.5, 0.6) is 0 Å². The molecule has 0 spiro atoms. The van der Waals surface area contributed by atoms with Crippen LogP contribution < -0.4 is 0 Å². The van der Waals surface area contributed by atoms with Gasteiger partial charge in [0.25, 0.3) is 0 Å². The van der Waals surface area contributed by atoms with E-state index in [-0.39, 0.29) is 21.2 Å². The van der Waals surface area contributed by atoms with Crippen LogP contribution in [0.15, 0.2) is 80.8 Å². The summed E-state index contributed by atoms with van der Waals surface area (Å²) in [7, 11) is -8.15. The molecule has 0 radical (unpaired) electrons. The summed E-state index contributed by atoms with van der Waals surface area (Å²) in [6.45, 7) is 2.80. The molecule has 0 saturated carbocycles. The summed E-state index contributed by atoms with van der Waals surface area (Å²) in [6, 6.07) is 14.9. The van der Waals surface area contributed by atoms with Gasteiger partial charge in [0, 0.05) is 0 Å². The summed E-state index contributed by atoms with van der Waals surface area (Å²) < 4.78 is 57.0. The third-order valence-electron chi connectivity index (χ3n) is 3.13. The zero-order valence-corrected chi connectivity index (χ0v) is 15.6. The Kier molecular flexibility index (Phi) is 6.11. The Morgan fingerprint density at radius 1 is 0.654 bits per heavy atom. The number of hydrogen-bond donors (Lipinski definition) is 0. The van der Waals surface area contributed by atoms with E-state index in [0.717, 1.165) is 0 Å². The van der Waals surface area contributed by atoms with Gasteiger partial charge in [-0.25, -0.2) is 0 Å². The van der Waals surface area contributed by atoms with Gasteiger partial charge in [0.2, 0.25) is 0 Å². The smallest absolute Gasteiger partial charge is 0.264 e. The fraction of sp³-hybridized carbons (Fsp3) is 0.125. The average Bonchev–Trinajstić information content (AvgIpc) is 2.65. The Labute approximate surface area is 152 Å². The third kappa shape index (κ3) is 5.14. The minimum Gasteiger partial charge on any atom is -0.264 e. The molecule has 0 atom stereocenters. The minimum atomic E-state index is -4.08. The van der Waals surface area contributed by atoms with E-state index in [1.54, 1.807) is 36.4 Å². The van der Waals surface area contributed by atoms with Gasteiger partial charge in [0.1, 0.15) is 21.2 Å². The zero-order valence-electron chi connectivity index (χ0n) is 13.9. The van der Waals surface area contributed by atoms with Crippen molar-refractivity contribution in [1.82, 2.24) is 0 Å². The topological polar surface area (TPSA) is 111 Å². The molecule has 0 amide bonds. The van der Waals surface area contributed by atoms with Crippen molar-refractivity contribution in [2.45, 2.75) is 23.6 Å². The summed E-state index contributed by atoms with van der Waals surface area (Å²) in [5.74, 6) is 0. The highest BCUT2D eigenvalue weighted by atomic mass is 32.2. The molecule has 0 N–H and O–H groups in total. The van der Waals surface area contributed by atoms with E-state index in [2.05, 4.69) is 18.9 Å². The van der Waals surface area contributed by atoms with E-state index in [9.17, 15) is 16.8 Å². The summed E-state index contributed by atoms with van der Waals surface area (Å²) in [4.78, 5) is -0.122. The number of hydrogen-bond acceptors (Lipinski definition) is 8. The molecular formula is C16H16N2O6S2. The van der Waals surface area contributed by atoms with Gasteiger partial charge in [-0.3, -0.25) is 8.57 Å². The summed E-state index contributed by atoms with van der Waals surface area (Å²) in [6.07, 6.45) is 0. The molecular weight excluding hydrogens is 380 g/mol. The molecule has 2 rings (SSSR count). The van der Waals surface area contributed by atoms with Gasteiger partial charge in [-0.15, -0.1) is 0 Å². The number of benzene rings is 2. The van der Waals surface area contributed by atoms with Crippen molar-refractivity contribution in [2.24, 2.45) is 10.3 Å². The Hall–Kier alpha value is -2.72. The fourth-order valence-electron chi connectivity index (χ4n) is 1.60. The van der Waals surface area contributed by atoms with Gasteiger partial charge in [0.15, 0.2) is 0 Å². The first-order valence-electron chi connectivity index (χ1n) is 7.29. The normalized spacial score (nSPS) is 13.3. The van der Waals surface area contributed by atoms with Crippen LogP contribution in [0.25, 0.3) is 0 Å². The number of rotatable bonds is 7. The second-order valence-electron chi connectivity index (χ2n) is 5.04. The maximum Gasteiger partial charge on any atom is 0.358 e. The van der Waals surface area contributed by atoms with Gasteiger partial charge in [-0.2, -0.15) is 16.8 Å². The van der Waals surface area contributed by atoms with Crippen molar-refractivity contribution >= 4 is 31.7 Å². The van der Waals surface area contributed by atoms with E-state index in [1.807, 2.05) is 0 Å². The van der Waals surface area contributed by atoms with Crippen LogP contribution in [-0.4, -0.2) is 28.3 Å². The van der Waals surface area contributed by atoms with Crippen molar-refractivity contribution in [3.63, 3.8) is 0 Å². The van der Waals surface area contributed by atoms with E-state index in [0.29, 0.717) is 0 Å². The Bertz CT molecular complexity index is 929. The maximum absolute atomic E-state index is 12.0. The van der Waals surface area contributed by atoms with Crippen LogP contribution in [-0.2, 0) is 28.8 Å². The molecule has 26 heavy (non-hydrogen) atoms. The minimum absolute atomic E-state index is 0.0350. The largest absolute Gasteiger partial charge is 0.358 e. The zero-order chi connectivity index (χ0) is 19.2. The Morgan fingerprint density at radius 2 is 0.962 bits per heavy atom. The first-order valence-corrected chi connectivity index (χ1v) is 10.1. The first kappa shape index (κ1) is 19.6. The quantitative estimate of drug-likeness (QED) is 0.525. The molecule has 0 heterocycles. The lowest BCUT2D eigenvalue weighted by atomic mass is 10.3. The molecule has 138 valence electrons. The number of nitrogens with zero attached hydrogens (tertiary/aromatic N) is 2. The molecule has 2 aromatic carbocycles. The van der Waals surface area contributed by atoms with Gasteiger partial charge < -0.3 is 0 Å². The Balaban J connectivity index is 2.10. The molecule has 0 aliphatic heterocycles. The lowest BCUT2D eigenvalue weighted by Crippen LogP contribution is -2.11. The van der Waals surface area contributed by atoms with Crippen LogP contribution in [0.1, 0.15) is 13.8 Å². The molecule has 0 saturated heterocycles. The average molecular weight is 396 g/mol. The molecule has 0 aliphatic carbocycles. The van der Waals surface area contributed by atoms with Crippen LogP contribution in [0.4, 0.5) is 0 Å². The van der Waals surface area contributed by atoms with Crippen LogP contribution >= 0.6 is 0 Å².